The van der Waals surface area contributed by atoms with Gasteiger partial charge < -0.3 is 4.74 Å². The Hall–Kier alpha value is -0.370. The Labute approximate surface area is 86.0 Å². The van der Waals surface area contributed by atoms with Crippen LogP contribution in [0.25, 0.3) is 0 Å². The number of carbonyl (C=O) groups excluding carboxylic acids is 1. The van der Waals surface area contributed by atoms with E-state index in [4.69, 9.17) is 4.74 Å². The summed E-state index contributed by atoms with van der Waals surface area (Å²) in [6, 6.07) is 0. The maximum atomic E-state index is 11.6. The van der Waals surface area contributed by atoms with Crippen molar-refractivity contribution < 1.29 is 9.53 Å². The summed E-state index contributed by atoms with van der Waals surface area (Å²) in [4.78, 5) is 11.6. The molecule has 1 saturated carbocycles. The van der Waals surface area contributed by atoms with Crippen molar-refractivity contribution >= 4 is 5.78 Å². The quantitative estimate of drug-likeness (QED) is 0.693. The molecule has 2 fully saturated rings. The number of rotatable bonds is 3. The smallest absolute Gasteiger partial charge is 0.135 e. The number of ketones is 1. The second-order valence-electron chi connectivity index (χ2n) is 5.22. The zero-order chi connectivity index (χ0) is 10.2. The molecule has 2 heteroatoms. The second kappa shape index (κ2) is 3.65. The standard InChI is InChI=1S/C12H20O2/c1-9(2)11(13)7-10-3-6-14-12(8-10)4-5-12/h9-10H,3-8H2,1-2H3. The molecule has 1 heterocycles. The van der Waals surface area contributed by atoms with Gasteiger partial charge in [0.25, 0.3) is 0 Å². The number of Topliss-reactive ketones (excluding diaryl/α,β-unsaturated/α-hetero) is 1. The van der Waals surface area contributed by atoms with Gasteiger partial charge in [0.2, 0.25) is 0 Å². The van der Waals surface area contributed by atoms with Crippen molar-refractivity contribution in [2.45, 2.75) is 51.6 Å². The Morgan fingerprint density at radius 2 is 2.21 bits per heavy atom. The predicted octanol–water partition coefficient (Wildman–Crippen LogP) is 2.56. The van der Waals surface area contributed by atoms with E-state index in [1.807, 2.05) is 13.8 Å². The zero-order valence-electron chi connectivity index (χ0n) is 9.21. The number of hydrogen-bond acceptors (Lipinski definition) is 2. The molecule has 1 saturated heterocycles. The lowest BCUT2D eigenvalue weighted by Gasteiger charge is -2.29. The fourth-order valence-electron chi connectivity index (χ4n) is 2.31. The Bertz CT molecular complexity index is 228. The average molecular weight is 196 g/mol. The SMILES string of the molecule is CC(C)C(=O)CC1CCOC2(CC2)C1. The highest BCUT2D eigenvalue weighted by Gasteiger charge is 2.47. The summed E-state index contributed by atoms with van der Waals surface area (Å²) in [5.41, 5.74) is 0.222. The highest BCUT2D eigenvalue weighted by Crippen LogP contribution is 2.48. The van der Waals surface area contributed by atoms with E-state index in [1.165, 1.54) is 12.8 Å². The monoisotopic (exact) mass is 196 g/mol. The van der Waals surface area contributed by atoms with E-state index < -0.39 is 0 Å². The van der Waals surface area contributed by atoms with Crippen LogP contribution < -0.4 is 0 Å². The summed E-state index contributed by atoms with van der Waals surface area (Å²) < 4.78 is 5.74. The van der Waals surface area contributed by atoms with Gasteiger partial charge in [0.05, 0.1) is 5.60 Å². The van der Waals surface area contributed by atoms with E-state index in [1.54, 1.807) is 0 Å². The second-order valence-corrected chi connectivity index (χ2v) is 5.22. The fraction of sp³-hybridized carbons (Fsp3) is 0.917. The third kappa shape index (κ3) is 2.17. The third-order valence-electron chi connectivity index (χ3n) is 3.54. The predicted molar refractivity (Wildman–Crippen MR) is 55.1 cm³/mol. The van der Waals surface area contributed by atoms with Gasteiger partial charge in [-0.3, -0.25) is 4.79 Å². The molecular formula is C12H20O2. The molecule has 0 N–H and O–H groups in total. The minimum absolute atomic E-state index is 0.202. The highest BCUT2D eigenvalue weighted by atomic mass is 16.5. The van der Waals surface area contributed by atoms with Gasteiger partial charge in [-0.05, 0) is 31.6 Å². The van der Waals surface area contributed by atoms with Gasteiger partial charge >= 0.3 is 0 Å². The van der Waals surface area contributed by atoms with Gasteiger partial charge in [-0.15, -0.1) is 0 Å². The van der Waals surface area contributed by atoms with Crippen LogP contribution in [-0.2, 0) is 9.53 Å². The number of ether oxygens (including phenoxy) is 1. The van der Waals surface area contributed by atoms with Crippen molar-refractivity contribution in [3.8, 4) is 0 Å². The van der Waals surface area contributed by atoms with Crippen molar-refractivity contribution in [3.05, 3.63) is 0 Å². The summed E-state index contributed by atoms with van der Waals surface area (Å²) in [6.07, 6.45) is 5.44. The first-order chi connectivity index (χ1) is 6.61. The van der Waals surface area contributed by atoms with Gasteiger partial charge in [-0.2, -0.15) is 0 Å². The molecular weight excluding hydrogens is 176 g/mol. The van der Waals surface area contributed by atoms with Crippen LogP contribution in [0, 0.1) is 11.8 Å². The highest BCUT2D eigenvalue weighted by molar-refractivity contribution is 5.80. The van der Waals surface area contributed by atoms with Crippen LogP contribution in [0.2, 0.25) is 0 Å². The van der Waals surface area contributed by atoms with Crippen LogP contribution in [0.1, 0.15) is 46.0 Å². The molecule has 0 aromatic rings. The van der Waals surface area contributed by atoms with Gasteiger partial charge in [0, 0.05) is 18.9 Å². The van der Waals surface area contributed by atoms with Gasteiger partial charge in [-0.1, -0.05) is 13.8 Å². The first kappa shape index (κ1) is 10.2. The maximum Gasteiger partial charge on any atom is 0.135 e. The third-order valence-corrected chi connectivity index (χ3v) is 3.54. The Morgan fingerprint density at radius 1 is 1.50 bits per heavy atom. The lowest BCUT2D eigenvalue weighted by molar-refractivity contribution is -0.124. The minimum atomic E-state index is 0.202. The average Bonchev–Trinajstić information content (AvgIpc) is 2.84. The van der Waals surface area contributed by atoms with Crippen molar-refractivity contribution in [1.29, 1.82) is 0 Å². The van der Waals surface area contributed by atoms with E-state index in [2.05, 4.69) is 0 Å². The normalized spacial score (nSPS) is 29.5. The van der Waals surface area contributed by atoms with E-state index in [0.29, 0.717) is 11.7 Å². The Morgan fingerprint density at radius 3 is 2.79 bits per heavy atom. The molecule has 2 rings (SSSR count). The molecule has 1 aliphatic carbocycles. The van der Waals surface area contributed by atoms with Crippen LogP contribution in [0.15, 0.2) is 0 Å². The summed E-state index contributed by atoms with van der Waals surface area (Å²) in [7, 11) is 0. The van der Waals surface area contributed by atoms with Crippen molar-refractivity contribution in [1.82, 2.24) is 0 Å². The Balaban J connectivity index is 1.83. The van der Waals surface area contributed by atoms with Gasteiger partial charge in [0.1, 0.15) is 5.78 Å². The largest absolute Gasteiger partial charge is 0.375 e. The molecule has 2 aliphatic rings. The first-order valence-electron chi connectivity index (χ1n) is 5.78. The minimum Gasteiger partial charge on any atom is -0.375 e. The number of carbonyl (C=O) groups is 1. The molecule has 0 bridgehead atoms. The van der Waals surface area contributed by atoms with Crippen LogP contribution in [-0.4, -0.2) is 18.0 Å². The molecule has 0 aromatic heterocycles. The molecule has 0 amide bonds. The topological polar surface area (TPSA) is 26.3 Å². The van der Waals surface area contributed by atoms with Crippen LogP contribution >= 0.6 is 0 Å². The summed E-state index contributed by atoms with van der Waals surface area (Å²) >= 11 is 0. The molecule has 0 aromatic carbocycles. The maximum absolute atomic E-state index is 11.6. The molecule has 2 nitrogen and oxygen atoms in total. The summed E-state index contributed by atoms with van der Waals surface area (Å²) in [6.45, 7) is 4.86. The van der Waals surface area contributed by atoms with E-state index in [0.717, 1.165) is 25.9 Å². The fourth-order valence-corrected chi connectivity index (χ4v) is 2.31. The molecule has 14 heavy (non-hydrogen) atoms. The first-order valence-corrected chi connectivity index (χ1v) is 5.78. The van der Waals surface area contributed by atoms with E-state index >= 15 is 0 Å². The number of hydrogen-bond donors (Lipinski definition) is 0. The van der Waals surface area contributed by atoms with Crippen LogP contribution in [0.4, 0.5) is 0 Å². The van der Waals surface area contributed by atoms with E-state index in [-0.39, 0.29) is 11.5 Å². The van der Waals surface area contributed by atoms with Gasteiger partial charge in [0.15, 0.2) is 0 Å². The van der Waals surface area contributed by atoms with Crippen molar-refractivity contribution in [2.75, 3.05) is 6.61 Å². The van der Waals surface area contributed by atoms with Crippen molar-refractivity contribution in [3.63, 3.8) is 0 Å². The van der Waals surface area contributed by atoms with Crippen LogP contribution in [0.5, 0.6) is 0 Å². The molecule has 0 radical (unpaired) electrons. The molecule has 1 aliphatic heterocycles. The zero-order valence-corrected chi connectivity index (χ0v) is 9.21. The molecule has 80 valence electrons. The van der Waals surface area contributed by atoms with Crippen LogP contribution in [0.3, 0.4) is 0 Å². The van der Waals surface area contributed by atoms with E-state index in [9.17, 15) is 4.79 Å². The molecule has 1 spiro atoms. The molecule has 1 atom stereocenters. The van der Waals surface area contributed by atoms with Crippen molar-refractivity contribution in [2.24, 2.45) is 11.8 Å². The summed E-state index contributed by atoms with van der Waals surface area (Å²) in [5, 5.41) is 0. The Kier molecular flexibility index (Phi) is 2.65. The van der Waals surface area contributed by atoms with Gasteiger partial charge in [-0.25, -0.2) is 0 Å². The lowest BCUT2D eigenvalue weighted by atomic mass is 9.87. The summed E-state index contributed by atoms with van der Waals surface area (Å²) in [5.74, 6) is 1.22. The lowest BCUT2D eigenvalue weighted by Crippen LogP contribution is -2.29. The molecule has 1 unspecified atom stereocenters.